The van der Waals surface area contributed by atoms with E-state index in [4.69, 9.17) is 11.6 Å². The third-order valence-electron chi connectivity index (χ3n) is 3.26. The van der Waals surface area contributed by atoms with Gasteiger partial charge in [0.1, 0.15) is 5.82 Å². The van der Waals surface area contributed by atoms with Crippen molar-refractivity contribution in [2.24, 2.45) is 0 Å². The molecular formula is C16H12ClFN2OS. The third kappa shape index (κ3) is 2.69. The molecule has 0 spiro atoms. The van der Waals surface area contributed by atoms with Crippen molar-refractivity contribution in [1.82, 2.24) is 9.38 Å². The maximum atomic E-state index is 13.1. The van der Waals surface area contributed by atoms with Crippen LogP contribution in [0.3, 0.4) is 0 Å². The molecule has 2 heterocycles. The average molecular weight is 335 g/mol. The van der Waals surface area contributed by atoms with Crippen LogP contribution in [-0.2, 0) is 0 Å². The molecule has 0 bridgehead atoms. The molecule has 3 rings (SSSR count). The van der Waals surface area contributed by atoms with Crippen molar-refractivity contribution < 1.29 is 9.18 Å². The number of benzene rings is 1. The molecule has 112 valence electrons. The summed E-state index contributed by atoms with van der Waals surface area (Å²) in [5.41, 5.74) is 2.07. The number of ketones is 1. The number of halogens is 2. The number of rotatable bonds is 3. The van der Waals surface area contributed by atoms with Crippen LogP contribution in [0.1, 0.15) is 26.6 Å². The molecule has 0 N–H and O–H groups in total. The molecule has 0 aliphatic carbocycles. The highest BCUT2D eigenvalue weighted by atomic mass is 35.5. The number of nitrogens with zero attached hydrogens (tertiary/aromatic N) is 2. The maximum absolute atomic E-state index is 13.1. The fourth-order valence-electron chi connectivity index (χ4n) is 2.18. The molecule has 0 atom stereocenters. The van der Waals surface area contributed by atoms with Gasteiger partial charge >= 0.3 is 0 Å². The predicted octanol–water partition coefficient (Wildman–Crippen LogP) is 4.70. The average Bonchev–Trinajstić information content (AvgIpc) is 2.94. The highest BCUT2D eigenvalue weighted by molar-refractivity contribution is 7.17. The Morgan fingerprint density at radius 1 is 1.41 bits per heavy atom. The number of aryl methyl sites for hydroxylation is 2. The normalized spacial score (nSPS) is 11.6. The minimum absolute atomic E-state index is 0.0596. The van der Waals surface area contributed by atoms with E-state index in [2.05, 4.69) is 4.98 Å². The quantitative estimate of drug-likeness (QED) is 0.514. The molecule has 0 unspecified atom stereocenters. The van der Waals surface area contributed by atoms with E-state index in [1.165, 1.54) is 24.3 Å². The van der Waals surface area contributed by atoms with Crippen LogP contribution in [0, 0.1) is 19.7 Å². The van der Waals surface area contributed by atoms with E-state index in [0.29, 0.717) is 5.56 Å². The zero-order chi connectivity index (χ0) is 15.9. The molecule has 0 amide bonds. The van der Waals surface area contributed by atoms with Crippen molar-refractivity contribution in [3.05, 3.63) is 63.1 Å². The number of hydrogen-bond acceptors (Lipinski definition) is 3. The Balaban J connectivity index is 1.93. The highest BCUT2D eigenvalue weighted by Gasteiger charge is 2.10. The molecule has 2 aromatic heterocycles. The summed E-state index contributed by atoms with van der Waals surface area (Å²) in [7, 11) is 0. The summed E-state index contributed by atoms with van der Waals surface area (Å²) in [5.74, 6) is -0.771. The number of fused-ring (bicyclic) bond motifs is 1. The Hall–Kier alpha value is -1.98. The summed E-state index contributed by atoms with van der Waals surface area (Å²) in [4.78, 5) is 18.7. The summed E-state index contributed by atoms with van der Waals surface area (Å²) >= 11 is 7.29. The van der Waals surface area contributed by atoms with E-state index in [0.717, 1.165) is 21.2 Å². The van der Waals surface area contributed by atoms with Crippen molar-refractivity contribution in [1.29, 1.82) is 0 Å². The molecule has 0 aliphatic heterocycles. The van der Waals surface area contributed by atoms with E-state index in [1.807, 2.05) is 24.4 Å². The van der Waals surface area contributed by atoms with Crippen LogP contribution in [0.4, 0.5) is 4.39 Å². The Labute approximate surface area is 135 Å². The van der Waals surface area contributed by atoms with Gasteiger partial charge in [0.25, 0.3) is 0 Å². The molecule has 0 saturated heterocycles. The van der Waals surface area contributed by atoms with Gasteiger partial charge in [0, 0.05) is 16.6 Å². The summed E-state index contributed by atoms with van der Waals surface area (Å²) < 4.78 is 15.1. The summed E-state index contributed by atoms with van der Waals surface area (Å²) in [5, 5.41) is -0.0596. The lowest BCUT2D eigenvalue weighted by Crippen LogP contribution is -1.95. The fraction of sp³-hybridized carbons (Fsp3) is 0.125. The number of allylic oxidation sites excluding steroid dienone is 1. The van der Waals surface area contributed by atoms with E-state index < -0.39 is 5.82 Å². The van der Waals surface area contributed by atoms with E-state index in [-0.39, 0.29) is 10.8 Å². The monoisotopic (exact) mass is 334 g/mol. The van der Waals surface area contributed by atoms with Gasteiger partial charge in [0.15, 0.2) is 10.7 Å². The molecule has 22 heavy (non-hydrogen) atoms. The number of carbonyl (C=O) groups excluding carboxylic acids is 1. The second-order valence-corrected chi connectivity index (χ2v) is 6.52. The molecule has 3 aromatic rings. The number of hydrogen-bond donors (Lipinski definition) is 0. The SMILES string of the molecule is Cc1cn2c(/C=C/C(=O)c3ccc(F)c(Cl)c3)c(C)nc2s1. The maximum Gasteiger partial charge on any atom is 0.194 e. The third-order valence-corrected chi connectivity index (χ3v) is 4.45. The first-order valence-corrected chi connectivity index (χ1v) is 7.77. The van der Waals surface area contributed by atoms with Crippen molar-refractivity contribution in [2.75, 3.05) is 0 Å². The number of aromatic nitrogens is 2. The van der Waals surface area contributed by atoms with Gasteiger partial charge in [-0.15, -0.1) is 11.3 Å². The molecule has 0 aliphatic rings. The Morgan fingerprint density at radius 3 is 2.91 bits per heavy atom. The van der Waals surface area contributed by atoms with Crippen molar-refractivity contribution in [3.63, 3.8) is 0 Å². The Kier molecular flexibility index (Phi) is 3.85. The van der Waals surface area contributed by atoms with Gasteiger partial charge in [0.05, 0.1) is 16.4 Å². The van der Waals surface area contributed by atoms with Gasteiger partial charge in [0.2, 0.25) is 0 Å². The second-order valence-electron chi connectivity index (χ2n) is 4.90. The first kappa shape index (κ1) is 14.9. The van der Waals surface area contributed by atoms with Gasteiger partial charge in [-0.25, -0.2) is 9.37 Å². The van der Waals surface area contributed by atoms with Crippen molar-refractivity contribution >= 4 is 39.8 Å². The lowest BCUT2D eigenvalue weighted by Gasteiger charge is -1.98. The van der Waals surface area contributed by atoms with Crippen LogP contribution in [0.5, 0.6) is 0 Å². The Morgan fingerprint density at radius 2 is 2.18 bits per heavy atom. The second kappa shape index (κ2) is 5.66. The molecule has 6 heteroatoms. The summed E-state index contributed by atoms with van der Waals surface area (Å²) in [6.07, 6.45) is 5.16. The van der Waals surface area contributed by atoms with Crippen LogP contribution in [0.2, 0.25) is 5.02 Å². The molecule has 0 saturated carbocycles. The predicted molar refractivity (Wildman–Crippen MR) is 87.3 cm³/mol. The van der Waals surface area contributed by atoms with Gasteiger partial charge in [-0.3, -0.25) is 9.20 Å². The highest BCUT2D eigenvalue weighted by Crippen LogP contribution is 2.22. The topological polar surface area (TPSA) is 34.4 Å². The van der Waals surface area contributed by atoms with Crippen LogP contribution in [-0.4, -0.2) is 15.2 Å². The number of thiazole rings is 1. The molecular weight excluding hydrogens is 323 g/mol. The van der Waals surface area contributed by atoms with Crippen molar-refractivity contribution in [2.45, 2.75) is 13.8 Å². The standard InChI is InChI=1S/C16H12ClFN2OS/c1-9-8-20-14(10(2)19-16(20)22-9)5-6-15(21)11-3-4-13(18)12(17)7-11/h3-8H,1-2H3/b6-5+. The van der Waals surface area contributed by atoms with Crippen LogP contribution in [0.25, 0.3) is 11.0 Å². The molecule has 0 fully saturated rings. The first-order chi connectivity index (χ1) is 10.5. The van der Waals surface area contributed by atoms with Gasteiger partial charge in [-0.1, -0.05) is 11.6 Å². The first-order valence-electron chi connectivity index (χ1n) is 6.58. The van der Waals surface area contributed by atoms with E-state index >= 15 is 0 Å². The Bertz CT molecular complexity index is 910. The summed E-state index contributed by atoms with van der Waals surface area (Å²) in [6.45, 7) is 3.90. The number of carbonyl (C=O) groups is 1. The molecule has 0 radical (unpaired) electrons. The zero-order valence-electron chi connectivity index (χ0n) is 11.9. The zero-order valence-corrected chi connectivity index (χ0v) is 13.5. The molecule has 1 aromatic carbocycles. The minimum atomic E-state index is -0.538. The molecule has 3 nitrogen and oxygen atoms in total. The van der Waals surface area contributed by atoms with Crippen LogP contribution in [0.15, 0.2) is 30.5 Å². The van der Waals surface area contributed by atoms with Crippen molar-refractivity contribution in [3.8, 4) is 0 Å². The van der Waals surface area contributed by atoms with Gasteiger partial charge in [-0.05, 0) is 44.2 Å². The van der Waals surface area contributed by atoms with Crippen LogP contribution >= 0.6 is 22.9 Å². The largest absolute Gasteiger partial charge is 0.290 e. The summed E-state index contributed by atoms with van der Waals surface area (Å²) in [6, 6.07) is 3.94. The number of imidazole rings is 1. The minimum Gasteiger partial charge on any atom is -0.290 e. The lowest BCUT2D eigenvalue weighted by atomic mass is 10.1. The van der Waals surface area contributed by atoms with Gasteiger partial charge in [-0.2, -0.15) is 0 Å². The van der Waals surface area contributed by atoms with E-state index in [1.54, 1.807) is 17.4 Å². The van der Waals surface area contributed by atoms with E-state index in [9.17, 15) is 9.18 Å². The van der Waals surface area contributed by atoms with Gasteiger partial charge < -0.3 is 0 Å². The fourth-order valence-corrected chi connectivity index (χ4v) is 3.24. The van der Waals surface area contributed by atoms with Crippen LogP contribution < -0.4 is 0 Å². The smallest absolute Gasteiger partial charge is 0.194 e. The lowest BCUT2D eigenvalue weighted by molar-refractivity contribution is 0.104.